The third kappa shape index (κ3) is 6.59. The number of hydrogen-bond donors (Lipinski definition) is 0. The number of amides is 4. The van der Waals surface area contributed by atoms with Gasteiger partial charge in [-0.25, -0.2) is 9.59 Å². The number of carbonyl (C=O) groups excluding carboxylic acids is 4. The van der Waals surface area contributed by atoms with Crippen LogP contribution in [0.15, 0.2) is 48.5 Å². The first-order valence-electron chi connectivity index (χ1n) is 10.4. The Balaban J connectivity index is 2.63. The predicted molar refractivity (Wildman–Crippen MR) is 122 cm³/mol. The summed E-state index contributed by atoms with van der Waals surface area (Å²) in [5, 5.41) is 22.1. The second-order valence-corrected chi connectivity index (χ2v) is 7.71. The van der Waals surface area contributed by atoms with Crippen molar-refractivity contribution in [3.8, 4) is 0 Å². The van der Waals surface area contributed by atoms with Gasteiger partial charge in [-0.15, -0.1) is 10.0 Å². The highest BCUT2D eigenvalue weighted by molar-refractivity contribution is 6.10. The number of ether oxygens (including phenoxy) is 2. The molecule has 0 spiro atoms. The van der Waals surface area contributed by atoms with Crippen LogP contribution in [0.3, 0.4) is 0 Å². The summed E-state index contributed by atoms with van der Waals surface area (Å²) in [6, 6.07) is 8.08. The first kappa shape index (κ1) is 27.4. The van der Waals surface area contributed by atoms with Crippen molar-refractivity contribution in [1.29, 1.82) is 0 Å². The maximum atomic E-state index is 13.3. The Kier molecular flexibility index (Phi) is 8.74. The number of nitro groups is 2. The molecule has 4 amide bonds. The van der Waals surface area contributed by atoms with Crippen molar-refractivity contribution in [2.75, 3.05) is 0 Å². The summed E-state index contributed by atoms with van der Waals surface area (Å²) in [4.78, 5) is 73.0. The van der Waals surface area contributed by atoms with Crippen LogP contribution in [0.2, 0.25) is 0 Å². The number of nitrogens with zero attached hydrogens (tertiary/aromatic N) is 4. The van der Waals surface area contributed by atoms with Gasteiger partial charge >= 0.3 is 12.2 Å². The fourth-order valence-electron chi connectivity index (χ4n) is 2.71. The Morgan fingerprint density at radius 3 is 1.14 bits per heavy atom. The monoisotopic (exact) mass is 502 g/mol. The van der Waals surface area contributed by atoms with Gasteiger partial charge in [0.15, 0.2) is 0 Å². The Morgan fingerprint density at radius 2 is 0.917 bits per heavy atom. The van der Waals surface area contributed by atoms with Crippen LogP contribution in [-0.4, -0.2) is 56.1 Å². The smallest absolute Gasteiger partial charge is 0.437 e. The van der Waals surface area contributed by atoms with Gasteiger partial charge in [0.05, 0.1) is 22.1 Å². The van der Waals surface area contributed by atoms with Gasteiger partial charge in [0.2, 0.25) is 0 Å². The molecule has 0 bridgehead atoms. The van der Waals surface area contributed by atoms with Gasteiger partial charge in [-0.2, -0.15) is 0 Å². The number of benzene rings is 2. The zero-order chi connectivity index (χ0) is 27.2. The van der Waals surface area contributed by atoms with Crippen molar-refractivity contribution in [3.63, 3.8) is 0 Å². The molecule has 36 heavy (non-hydrogen) atoms. The number of hydrazine groups is 1. The molecule has 0 aromatic heterocycles. The number of non-ortho nitro benzene ring substituents is 2. The van der Waals surface area contributed by atoms with Crippen molar-refractivity contribution in [3.05, 3.63) is 79.9 Å². The van der Waals surface area contributed by atoms with Gasteiger partial charge in [-0.1, -0.05) is 0 Å². The molecule has 2 aromatic rings. The van der Waals surface area contributed by atoms with E-state index in [1.54, 1.807) is 0 Å². The SMILES string of the molecule is CC(C)OC(=O)N(C(=O)c1ccc([N+](=O)[O-])cc1)N(C(=O)OC(C)C)C(=O)c1ccc([N+](=O)[O-])cc1. The first-order valence-corrected chi connectivity index (χ1v) is 10.4. The van der Waals surface area contributed by atoms with Crippen LogP contribution in [-0.2, 0) is 9.47 Å². The quantitative estimate of drug-likeness (QED) is 0.412. The van der Waals surface area contributed by atoms with Crippen LogP contribution in [0.4, 0.5) is 21.0 Å². The molecule has 0 fully saturated rings. The molecule has 14 heteroatoms. The van der Waals surface area contributed by atoms with E-state index < -0.39 is 46.1 Å². The van der Waals surface area contributed by atoms with Crippen molar-refractivity contribution in [2.24, 2.45) is 0 Å². The summed E-state index contributed by atoms with van der Waals surface area (Å²) < 4.78 is 10.1. The summed E-state index contributed by atoms with van der Waals surface area (Å²) in [7, 11) is 0. The molecule has 0 atom stereocenters. The molecular formula is C22H22N4O10. The molecule has 0 heterocycles. The predicted octanol–water partition coefficient (Wildman–Crippen LogP) is 4.09. The number of nitro benzene ring substituents is 2. The van der Waals surface area contributed by atoms with Gasteiger partial charge in [0.25, 0.3) is 23.2 Å². The zero-order valence-corrected chi connectivity index (χ0v) is 19.6. The van der Waals surface area contributed by atoms with E-state index in [0.29, 0.717) is 0 Å². The number of rotatable bonds is 6. The van der Waals surface area contributed by atoms with Gasteiger partial charge in [-0.3, -0.25) is 29.8 Å². The fraction of sp³-hybridized carbons (Fsp3) is 0.273. The molecule has 2 aromatic carbocycles. The minimum Gasteiger partial charge on any atom is -0.445 e. The summed E-state index contributed by atoms with van der Waals surface area (Å²) in [6.45, 7) is 5.84. The van der Waals surface area contributed by atoms with E-state index in [-0.39, 0.29) is 32.5 Å². The lowest BCUT2D eigenvalue weighted by Crippen LogP contribution is -2.56. The molecule has 0 saturated heterocycles. The summed E-state index contributed by atoms with van der Waals surface area (Å²) >= 11 is 0. The Bertz CT molecular complexity index is 1080. The van der Waals surface area contributed by atoms with Crippen molar-refractivity contribution < 1.29 is 38.5 Å². The van der Waals surface area contributed by atoms with Crippen LogP contribution in [0.25, 0.3) is 0 Å². The van der Waals surface area contributed by atoms with Gasteiger partial charge < -0.3 is 9.47 Å². The van der Waals surface area contributed by atoms with E-state index in [1.165, 1.54) is 27.7 Å². The first-order chi connectivity index (χ1) is 16.8. The second kappa shape index (κ2) is 11.5. The highest BCUT2D eigenvalue weighted by Gasteiger charge is 2.41. The molecule has 0 radical (unpaired) electrons. The van der Waals surface area contributed by atoms with Crippen LogP contribution >= 0.6 is 0 Å². The zero-order valence-electron chi connectivity index (χ0n) is 19.6. The molecule has 0 aliphatic heterocycles. The summed E-state index contributed by atoms with van der Waals surface area (Å²) in [5.74, 6) is -2.46. The third-order valence-electron chi connectivity index (χ3n) is 4.25. The number of hydrogen-bond acceptors (Lipinski definition) is 10. The van der Waals surface area contributed by atoms with Crippen LogP contribution in [0, 0.1) is 20.2 Å². The molecule has 0 saturated carbocycles. The molecule has 2 rings (SSSR count). The summed E-state index contributed by atoms with van der Waals surface area (Å²) in [6.07, 6.45) is -4.38. The van der Waals surface area contributed by atoms with Crippen molar-refractivity contribution in [2.45, 2.75) is 39.9 Å². The van der Waals surface area contributed by atoms with E-state index in [4.69, 9.17) is 9.47 Å². The van der Waals surface area contributed by atoms with E-state index in [0.717, 1.165) is 48.5 Å². The standard InChI is InChI=1S/C22H22N4O10/c1-13(2)35-21(29)23(19(27)15-5-9-17(10-6-15)25(31)32)24(22(30)36-14(3)4)20(28)16-7-11-18(12-8-16)26(33)34/h5-14H,1-4H3. The molecule has 0 aliphatic rings. The summed E-state index contributed by atoms with van der Waals surface area (Å²) in [5.41, 5.74) is -1.28. The largest absolute Gasteiger partial charge is 0.445 e. The fourth-order valence-corrected chi connectivity index (χ4v) is 2.71. The van der Waals surface area contributed by atoms with E-state index in [1.807, 2.05) is 0 Å². The van der Waals surface area contributed by atoms with Gasteiger partial charge in [-0.05, 0) is 52.0 Å². The lowest BCUT2D eigenvalue weighted by molar-refractivity contribution is -0.385. The van der Waals surface area contributed by atoms with Gasteiger partial charge in [0.1, 0.15) is 0 Å². The Morgan fingerprint density at radius 1 is 0.639 bits per heavy atom. The lowest BCUT2D eigenvalue weighted by atomic mass is 10.2. The van der Waals surface area contributed by atoms with Crippen LogP contribution in [0.5, 0.6) is 0 Å². The van der Waals surface area contributed by atoms with Crippen LogP contribution < -0.4 is 0 Å². The second-order valence-electron chi connectivity index (χ2n) is 7.71. The highest BCUT2D eigenvalue weighted by Crippen LogP contribution is 2.20. The Labute approximate surface area is 204 Å². The van der Waals surface area contributed by atoms with Crippen molar-refractivity contribution in [1.82, 2.24) is 10.0 Å². The molecule has 0 unspecified atom stereocenters. The van der Waals surface area contributed by atoms with E-state index >= 15 is 0 Å². The Hall–Kier alpha value is -4.88. The number of imide groups is 2. The maximum Gasteiger partial charge on any atom is 0.437 e. The minimum absolute atomic E-state index is 0.107. The molecule has 0 aliphatic carbocycles. The maximum absolute atomic E-state index is 13.3. The topological polar surface area (TPSA) is 180 Å². The van der Waals surface area contributed by atoms with Gasteiger partial charge in [0, 0.05) is 35.4 Å². The highest BCUT2D eigenvalue weighted by atomic mass is 16.6. The molecule has 0 N–H and O–H groups in total. The lowest BCUT2D eigenvalue weighted by Gasteiger charge is -2.31. The molecular weight excluding hydrogens is 480 g/mol. The minimum atomic E-state index is -1.41. The molecule has 14 nitrogen and oxygen atoms in total. The van der Waals surface area contributed by atoms with Crippen LogP contribution in [0.1, 0.15) is 48.4 Å². The normalized spacial score (nSPS) is 10.5. The average molecular weight is 502 g/mol. The third-order valence-corrected chi connectivity index (χ3v) is 4.25. The van der Waals surface area contributed by atoms with Crippen molar-refractivity contribution >= 4 is 35.4 Å². The number of carbonyl (C=O) groups is 4. The molecule has 190 valence electrons. The average Bonchev–Trinajstić information content (AvgIpc) is 2.80. The van der Waals surface area contributed by atoms with E-state index in [2.05, 4.69) is 0 Å². The van der Waals surface area contributed by atoms with E-state index in [9.17, 15) is 39.4 Å².